The first-order valence-electron chi connectivity index (χ1n) is 8.81. The number of carbonyl (C=O) groups excluding carboxylic acids is 2. The van der Waals surface area contributed by atoms with Gasteiger partial charge in [0.2, 0.25) is 11.8 Å². The molecular weight excluding hydrogens is 364 g/mol. The number of carboxylic acids is 1. The minimum atomic E-state index is -0.975. The van der Waals surface area contributed by atoms with E-state index in [0.717, 1.165) is 16.0 Å². The van der Waals surface area contributed by atoms with Gasteiger partial charge in [0, 0.05) is 24.4 Å². The Morgan fingerprint density at radius 3 is 2.67 bits per heavy atom. The van der Waals surface area contributed by atoms with Crippen LogP contribution in [0.5, 0.6) is 0 Å². The standard InChI is InChI=1S/C20H22N2O4S/c1-13-4-6-14(7-5-13)11-22-12-15(9-18(22)23)20(26)21-16(10-19(24)25)17-3-2-8-27-17/h2-8,15-16H,9-12H2,1H3,(H,21,26)(H,24,25)/t15-,16-/m0/s1. The molecule has 1 aliphatic heterocycles. The number of nitrogens with zero attached hydrogens (tertiary/aromatic N) is 1. The number of carboxylic acid groups (broad SMARTS) is 1. The van der Waals surface area contributed by atoms with Gasteiger partial charge in [-0.1, -0.05) is 35.9 Å². The van der Waals surface area contributed by atoms with E-state index in [-0.39, 0.29) is 24.7 Å². The average Bonchev–Trinajstić information content (AvgIpc) is 3.26. The van der Waals surface area contributed by atoms with Crippen molar-refractivity contribution in [1.82, 2.24) is 10.2 Å². The zero-order valence-corrected chi connectivity index (χ0v) is 15.9. The summed E-state index contributed by atoms with van der Waals surface area (Å²) in [5.41, 5.74) is 2.18. The van der Waals surface area contributed by atoms with Crippen LogP contribution in [0.2, 0.25) is 0 Å². The van der Waals surface area contributed by atoms with Crippen LogP contribution in [-0.4, -0.2) is 34.3 Å². The predicted molar refractivity (Wildman–Crippen MR) is 102 cm³/mol. The average molecular weight is 386 g/mol. The Bertz CT molecular complexity index is 817. The Kier molecular flexibility index (Phi) is 5.91. The molecule has 6 nitrogen and oxygen atoms in total. The minimum absolute atomic E-state index is 0.0540. The van der Waals surface area contributed by atoms with Gasteiger partial charge < -0.3 is 15.3 Å². The van der Waals surface area contributed by atoms with Crippen LogP contribution in [0, 0.1) is 12.8 Å². The second kappa shape index (κ2) is 8.35. The van der Waals surface area contributed by atoms with Crippen LogP contribution in [0.15, 0.2) is 41.8 Å². The van der Waals surface area contributed by atoms with E-state index < -0.39 is 17.9 Å². The first kappa shape index (κ1) is 19.1. The van der Waals surface area contributed by atoms with Gasteiger partial charge in [0.25, 0.3) is 0 Å². The summed E-state index contributed by atoms with van der Waals surface area (Å²) in [6.45, 7) is 2.83. The lowest BCUT2D eigenvalue weighted by Crippen LogP contribution is -2.36. The number of nitrogens with one attached hydrogen (secondary N) is 1. The summed E-state index contributed by atoms with van der Waals surface area (Å²) in [5, 5.41) is 13.8. The van der Waals surface area contributed by atoms with Crippen LogP contribution < -0.4 is 5.32 Å². The Balaban J connectivity index is 1.62. The molecule has 2 N–H and O–H groups in total. The molecule has 2 atom stereocenters. The molecule has 1 aliphatic rings. The van der Waals surface area contributed by atoms with Gasteiger partial charge in [-0.25, -0.2) is 0 Å². The van der Waals surface area contributed by atoms with Gasteiger partial charge in [0.1, 0.15) is 0 Å². The van der Waals surface area contributed by atoms with Crippen molar-refractivity contribution in [3.63, 3.8) is 0 Å². The number of hydrogen-bond acceptors (Lipinski definition) is 4. The lowest BCUT2D eigenvalue weighted by molar-refractivity contribution is -0.138. The maximum absolute atomic E-state index is 12.6. The molecule has 2 aromatic rings. The molecule has 1 fully saturated rings. The van der Waals surface area contributed by atoms with Crippen LogP contribution in [0.25, 0.3) is 0 Å². The van der Waals surface area contributed by atoms with Crippen molar-refractivity contribution < 1.29 is 19.5 Å². The first-order chi connectivity index (χ1) is 12.9. The number of thiophene rings is 1. The van der Waals surface area contributed by atoms with Crippen molar-refractivity contribution in [2.24, 2.45) is 5.92 Å². The van der Waals surface area contributed by atoms with Crippen molar-refractivity contribution in [1.29, 1.82) is 0 Å². The molecule has 1 aromatic heterocycles. The Morgan fingerprint density at radius 1 is 1.30 bits per heavy atom. The lowest BCUT2D eigenvalue weighted by atomic mass is 10.1. The fraction of sp³-hybridized carbons (Fsp3) is 0.350. The molecule has 2 amide bonds. The molecule has 2 heterocycles. The summed E-state index contributed by atoms with van der Waals surface area (Å²) in [7, 11) is 0. The maximum atomic E-state index is 12.6. The van der Waals surface area contributed by atoms with Gasteiger partial charge in [0.15, 0.2) is 0 Å². The number of aliphatic carboxylic acids is 1. The van der Waals surface area contributed by atoms with Gasteiger partial charge in [-0.15, -0.1) is 11.3 Å². The highest BCUT2D eigenvalue weighted by Crippen LogP contribution is 2.25. The first-order valence-corrected chi connectivity index (χ1v) is 9.69. The maximum Gasteiger partial charge on any atom is 0.305 e. The topological polar surface area (TPSA) is 86.7 Å². The van der Waals surface area contributed by atoms with Crippen molar-refractivity contribution in [3.8, 4) is 0 Å². The smallest absolute Gasteiger partial charge is 0.305 e. The molecule has 0 saturated carbocycles. The number of likely N-dealkylation sites (tertiary alicyclic amines) is 1. The lowest BCUT2D eigenvalue weighted by Gasteiger charge is -2.19. The van der Waals surface area contributed by atoms with E-state index in [1.54, 1.807) is 4.90 Å². The molecule has 3 rings (SSSR count). The Hall–Kier alpha value is -2.67. The quantitative estimate of drug-likeness (QED) is 0.766. The van der Waals surface area contributed by atoms with Crippen molar-refractivity contribution in [3.05, 3.63) is 57.8 Å². The normalized spacial score (nSPS) is 17.7. The Labute approximate surface area is 161 Å². The third-order valence-electron chi connectivity index (χ3n) is 4.66. The van der Waals surface area contributed by atoms with E-state index >= 15 is 0 Å². The molecule has 0 bridgehead atoms. The van der Waals surface area contributed by atoms with Crippen LogP contribution in [0.3, 0.4) is 0 Å². The highest BCUT2D eigenvalue weighted by atomic mass is 32.1. The van der Waals surface area contributed by atoms with Crippen molar-refractivity contribution >= 4 is 29.1 Å². The largest absolute Gasteiger partial charge is 0.481 e. The highest BCUT2D eigenvalue weighted by Gasteiger charge is 2.35. The number of amides is 2. The van der Waals surface area contributed by atoms with Crippen LogP contribution >= 0.6 is 11.3 Å². The van der Waals surface area contributed by atoms with Gasteiger partial charge in [-0.2, -0.15) is 0 Å². The van der Waals surface area contributed by atoms with E-state index in [4.69, 9.17) is 5.11 Å². The summed E-state index contributed by atoms with van der Waals surface area (Å²) in [6, 6.07) is 11.0. The number of carbonyl (C=O) groups is 3. The molecule has 27 heavy (non-hydrogen) atoms. The van der Waals surface area contributed by atoms with E-state index in [2.05, 4.69) is 5.32 Å². The third kappa shape index (κ3) is 4.95. The van der Waals surface area contributed by atoms with Crippen LogP contribution in [-0.2, 0) is 20.9 Å². The number of benzene rings is 1. The molecule has 0 aliphatic carbocycles. The summed E-state index contributed by atoms with van der Waals surface area (Å²) in [6.07, 6.45) is -0.0259. The molecule has 0 unspecified atom stereocenters. The number of rotatable bonds is 7. The SMILES string of the molecule is Cc1ccc(CN2C[C@@H](C(=O)N[C@@H](CC(=O)O)c3cccs3)CC2=O)cc1. The second-order valence-electron chi connectivity index (χ2n) is 6.84. The van der Waals surface area contributed by atoms with E-state index in [0.29, 0.717) is 13.1 Å². The molecule has 7 heteroatoms. The predicted octanol–water partition coefficient (Wildman–Crippen LogP) is 2.74. The molecule has 1 aromatic carbocycles. The van der Waals surface area contributed by atoms with Gasteiger partial charge >= 0.3 is 5.97 Å². The minimum Gasteiger partial charge on any atom is -0.481 e. The fourth-order valence-corrected chi connectivity index (χ4v) is 3.97. The fourth-order valence-electron chi connectivity index (χ4n) is 3.19. The van der Waals surface area contributed by atoms with Gasteiger partial charge in [0.05, 0.1) is 18.4 Å². The number of hydrogen-bond donors (Lipinski definition) is 2. The summed E-state index contributed by atoms with van der Waals surface area (Å²) in [5.74, 6) is -1.76. The van der Waals surface area contributed by atoms with E-state index in [1.165, 1.54) is 11.3 Å². The third-order valence-corrected chi connectivity index (χ3v) is 5.65. The second-order valence-corrected chi connectivity index (χ2v) is 7.81. The van der Waals surface area contributed by atoms with Crippen LogP contribution in [0.1, 0.15) is 34.9 Å². The van der Waals surface area contributed by atoms with E-state index in [9.17, 15) is 14.4 Å². The molecular formula is C20H22N2O4S. The Morgan fingerprint density at radius 2 is 2.04 bits per heavy atom. The highest BCUT2D eigenvalue weighted by molar-refractivity contribution is 7.10. The van der Waals surface area contributed by atoms with Gasteiger partial charge in [-0.3, -0.25) is 14.4 Å². The summed E-state index contributed by atoms with van der Waals surface area (Å²) in [4.78, 5) is 38.6. The van der Waals surface area contributed by atoms with Crippen LogP contribution in [0.4, 0.5) is 0 Å². The summed E-state index contributed by atoms with van der Waals surface area (Å²) < 4.78 is 0. The van der Waals surface area contributed by atoms with E-state index in [1.807, 2.05) is 48.7 Å². The van der Waals surface area contributed by atoms with Crippen molar-refractivity contribution in [2.45, 2.75) is 32.4 Å². The molecule has 0 radical (unpaired) electrons. The summed E-state index contributed by atoms with van der Waals surface area (Å²) >= 11 is 1.41. The molecule has 1 saturated heterocycles. The zero-order valence-electron chi connectivity index (χ0n) is 15.1. The molecule has 142 valence electrons. The van der Waals surface area contributed by atoms with Gasteiger partial charge in [-0.05, 0) is 23.9 Å². The van der Waals surface area contributed by atoms with Crippen molar-refractivity contribution in [2.75, 3.05) is 6.54 Å². The zero-order chi connectivity index (χ0) is 19.4. The number of aryl methyl sites for hydroxylation is 1. The molecule has 0 spiro atoms. The monoisotopic (exact) mass is 386 g/mol.